The third-order valence-electron chi connectivity index (χ3n) is 1.77. The number of hydrogen-bond acceptors (Lipinski definition) is 2. The van der Waals surface area contributed by atoms with E-state index in [1.165, 1.54) is 0 Å². The van der Waals surface area contributed by atoms with Gasteiger partial charge < -0.3 is 5.73 Å². The molecule has 0 amide bonds. The summed E-state index contributed by atoms with van der Waals surface area (Å²) in [5, 5.41) is 0.711. The van der Waals surface area contributed by atoms with E-state index >= 15 is 0 Å². The number of benzene rings is 1. The van der Waals surface area contributed by atoms with Gasteiger partial charge in [0.1, 0.15) is 0 Å². The number of nitrogens with zero attached hydrogens (tertiary/aromatic N) is 2. The van der Waals surface area contributed by atoms with Crippen LogP contribution in [0.1, 0.15) is 0 Å². The van der Waals surface area contributed by atoms with Crippen molar-refractivity contribution in [3.05, 3.63) is 41.7 Å². The monoisotopic (exact) mass is 193 g/mol. The van der Waals surface area contributed by atoms with Gasteiger partial charge in [-0.25, -0.2) is 4.98 Å². The van der Waals surface area contributed by atoms with Crippen LogP contribution in [0.2, 0.25) is 5.02 Å². The van der Waals surface area contributed by atoms with Crippen LogP contribution in [0.25, 0.3) is 5.69 Å². The lowest BCUT2D eigenvalue weighted by Crippen LogP contribution is -1.98. The number of aromatic nitrogens is 2. The molecule has 4 heteroatoms. The lowest BCUT2D eigenvalue weighted by molar-refractivity contribution is 1.07. The summed E-state index contributed by atoms with van der Waals surface area (Å²) < 4.78 is 1.79. The first kappa shape index (κ1) is 8.13. The van der Waals surface area contributed by atoms with Gasteiger partial charge in [-0.3, -0.25) is 4.57 Å². The maximum Gasteiger partial charge on any atom is 0.204 e. The molecule has 2 rings (SSSR count). The molecular weight excluding hydrogens is 186 g/mol. The average molecular weight is 194 g/mol. The minimum Gasteiger partial charge on any atom is -0.369 e. The Hall–Kier alpha value is -1.48. The molecule has 0 saturated carbocycles. The Kier molecular flexibility index (Phi) is 1.94. The normalized spacial score (nSPS) is 10.2. The van der Waals surface area contributed by atoms with Crippen molar-refractivity contribution in [1.82, 2.24) is 9.55 Å². The zero-order chi connectivity index (χ0) is 9.26. The number of hydrogen-bond donors (Lipinski definition) is 1. The number of imidazole rings is 1. The summed E-state index contributed by atoms with van der Waals surface area (Å²) in [6.45, 7) is 0. The van der Waals surface area contributed by atoms with Gasteiger partial charge in [-0.1, -0.05) is 11.6 Å². The molecule has 0 radical (unpaired) electrons. The number of anilines is 1. The van der Waals surface area contributed by atoms with Crippen LogP contribution in [0.3, 0.4) is 0 Å². The molecule has 0 spiro atoms. The smallest absolute Gasteiger partial charge is 0.204 e. The maximum atomic E-state index is 5.76. The summed E-state index contributed by atoms with van der Waals surface area (Å²) in [5.74, 6) is 0.474. The van der Waals surface area contributed by atoms with E-state index in [9.17, 15) is 0 Å². The van der Waals surface area contributed by atoms with Crippen LogP contribution >= 0.6 is 11.6 Å². The number of rotatable bonds is 1. The molecule has 0 atom stereocenters. The van der Waals surface area contributed by atoms with E-state index in [0.717, 1.165) is 5.69 Å². The lowest BCUT2D eigenvalue weighted by atomic mass is 10.3. The maximum absolute atomic E-state index is 5.76. The highest BCUT2D eigenvalue weighted by Crippen LogP contribution is 2.15. The van der Waals surface area contributed by atoms with Gasteiger partial charge in [-0.15, -0.1) is 0 Å². The second kappa shape index (κ2) is 3.11. The Morgan fingerprint density at radius 2 is 1.92 bits per heavy atom. The first-order valence-corrected chi connectivity index (χ1v) is 4.20. The van der Waals surface area contributed by atoms with Crippen LogP contribution in [0.4, 0.5) is 5.95 Å². The number of halogens is 1. The Bertz CT molecular complexity index is 405. The van der Waals surface area contributed by atoms with Gasteiger partial charge in [-0.05, 0) is 24.3 Å². The molecule has 1 aromatic heterocycles. The van der Waals surface area contributed by atoms with Gasteiger partial charge in [0, 0.05) is 23.1 Å². The standard InChI is InChI=1S/C9H8ClN3/c10-7-1-3-8(4-2-7)13-6-5-12-9(13)11/h1-6H,(H2,11,12). The van der Waals surface area contributed by atoms with Crippen molar-refractivity contribution in [3.63, 3.8) is 0 Å². The van der Waals surface area contributed by atoms with Crippen molar-refractivity contribution >= 4 is 17.5 Å². The van der Waals surface area contributed by atoms with Crippen molar-refractivity contribution in [2.75, 3.05) is 5.73 Å². The highest BCUT2D eigenvalue weighted by Gasteiger charge is 1.99. The van der Waals surface area contributed by atoms with Gasteiger partial charge in [-0.2, -0.15) is 0 Å². The predicted octanol–water partition coefficient (Wildman–Crippen LogP) is 2.11. The summed E-state index contributed by atoms with van der Waals surface area (Å²) in [6.07, 6.45) is 3.46. The molecule has 2 N–H and O–H groups in total. The molecule has 2 aromatic rings. The average Bonchev–Trinajstić information content (AvgIpc) is 2.53. The fourth-order valence-electron chi connectivity index (χ4n) is 1.13. The van der Waals surface area contributed by atoms with Crippen LogP contribution in [-0.4, -0.2) is 9.55 Å². The molecule has 0 aliphatic carbocycles. The molecule has 0 fully saturated rings. The quantitative estimate of drug-likeness (QED) is 0.754. The zero-order valence-electron chi connectivity index (χ0n) is 6.81. The molecule has 13 heavy (non-hydrogen) atoms. The Balaban J connectivity index is 2.47. The molecule has 0 aliphatic rings. The molecule has 3 nitrogen and oxygen atoms in total. The van der Waals surface area contributed by atoms with E-state index in [4.69, 9.17) is 17.3 Å². The zero-order valence-corrected chi connectivity index (χ0v) is 7.57. The Morgan fingerprint density at radius 3 is 2.46 bits per heavy atom. The van der Waals surface area contributed by atoms with Crippen molar-refractivity contribution in [2.45, 2.75) is 0 Å². The molecule has 1 heterocycles. The summed E-state index contributed by atoms with van der Waals surface area (Å²) in [7, 11) is 0. The SMILES string of the molecule is Nc1nccn1-c1ccc(Cl)cc1. The first-order valence-electron chi connectivity index (χ1n) is 3.82. The summed E-state index contributed by atoms with van der Waals surface area (Å²) in [6, 6.07) is 7.41. The van der Waals surface area contributed by atoms with Crippen molar-refractivity contribution < 1.29 is 0 Å². The first-order chi connectivity index (χ1) is 6.27. The van der Waals surface area contributed by atoms with Gasteiger partial charge in [0.05, 0.1) is 0 Å². The van der Waals surface area contributed by atoms with Crippen LogP contribution < -0.4 is 5.73 Å². The van der Waals surface area contributed by atoms with E-state index in [1.807, 2.05) is 24.3 Å². The van der Waals surface area contributed by atoms with Gasteiger partial charge in [0.2, 0.25) is 5.95 Å². The molecule has 66 valence electrons. The third kappa shape index (κ3) is 1.51. The second-order valence-corrected chi connectivity index (χ2v) is 3.07. The summed E-state index contributed by atoms with van der Waals surface area (Å²) >= 11 is 5.76. The van der Waals surface area contributed by atoms with Crippen molar-refractivity contribution in [1.29, 1.82) is 0 Å². The van der Waals surface area contributed by atoms with Crippen LogP contribution in [0, 0.1) is 0 Å². The Morgan fingerprint density at radius 1 is 1.23 bits per heavy atom. The van der Waals surface area contributed by atoms with E-state index in [2.05, 4.69) is 4.98 Å². The topological polar surface area (TPSA) is 43.8 Å². The lowest BCUT2D eigenvalue weighted by Gasteiger charge is -2.03. The van der Waals surface area contributed by atoms with E-state index in [1.54, 1.807) is 17.0 Å². The number of nitrogens with two attached hydrogens (primary N) is 1. The molecular formula is C9H8ClN3. The van der Waals surface area contributed by atoms with E-state index in [0.29, 0.717) is 11.0 Å². The molecule has 1 aromatic carbocycles. The fourth-order valence-corrected chi connectivity index (χ4v) is 1.26. The van der Waals surface area contributed by atoms with Gasteiger partial charge in [0.15, 0.2) is 0 Å². The predicted molar refractivity (Wildman–Crippen MR) is 53.0 cm³/mol. The Labute approximate surface area is 80.8 Å². The minimum absolute atomic E-state index is 0.474. The molecule has 0 saturated heterocycles. The minimum atomic E-state index is 0.474. The van der Waals surface area contributed by atoms with Crippen LogP contribution in [-0.2, 0) is 0 Å². The van der Waals surface area contributed by atoms with Crippen molar-refractivity contribution in [3.8, 4) is 5.69 Å². The second-order valence-electron chi connectivity index (χ2n) is 2.63. The fraction of sp³-hybridized carbons (Fsp3) is 0. The largest absolute Gasteiger partial charge is 0.369 e. The molecule has 0 bridgehead atoms. The van der Waals surface area contributed by atoms with Crippen molar-refractivity contribution in [2.24, 2.45) is 0 Å². The van der Waals surface area contributed by atoms with Crippen LogP contribution in [0.15, 0.2) is 36.7 Å². The highest BCUT2D eigenvalue weighted by molar-refractivity contribution is 6.30. The molecule has 0 aliphatic heterocycles. The van der Waals surface area contributed by atoms with E-state index < -0.39 is 0 Å². The summed E-state index contributed by atoms with van der Waals surface area (Å²) in [4.78, 5) is 3.92. The summed E-state index contributed by atoms with van der Waals surface area (Å²) in [5.41, 5.74) is 6.59. The van der Waals surface area contributed by atoms with Crippen LogP contribution in [0.5, 0.6) is 0 Å². The highest BCUT2D eigenvalue weighted by atomic mass is 35.5. The van der Waals surface area contributed by atoms with Gasteiger partial charge >= 0.3 is 0 Å². The van der Waals surface area contributed by atoms with Gasteiger partial charge in [0.25, 0.3) is 0 Å². The number of nitrogen functional groups attached to an aromatic ring is 1. The third-order valence-corrected chi connectivity index (χ3v) is 2.03. The van der Waals surface area contributed by atoms with E-state index in [-0.39, 0.29) is 0 Å². The molecule has 0 unspecified atom stereocenters.